The van der Waals surface area contributed by atoms with Gasteiger partial charge in [0, 0.05) is 24.0 Å². The molecule has 5 rings (SSSR count). The van der Waals surface area contributed by atoms with Crippen LogP contribution < -0.4 is 4.74 Å². The lowest BCUT2D eigenvalue weighted by Gasteiger charge is -2.30. The predicted octanol–water partition coefficient (Wildman–Crippen LogP) is 6.61. The molecule has 1 aromatic heterocycles. The molecule has 0 unspecified atom stereocenters. The molecule has 3 aromatic carbocycles. The SMILES string of the molecule is CCCCOc1cccc(-c2nc3ccc4ccccc4c3c3c2CN(CC)CC3)c1. The molecule has 1 aliphatic heterocycles. The van der Waals surface area contributed by atoms with Crippen LogP contribution in [-0.2, 0) is 13.0 Å². The number of hydrogen-bond acceptors (Lipinski definition) is 3. The highest BCUT2D eigenvalue weighted by Crippen LogP contribution is 2.37. The average Bonchev–Trinajstić information content (AvgIpc) is 2.83. The van der Waals surface area contributed by atoms with Gasteiger partial charge in [0.2, 0.25) is 0 Å². The number of benzene rings is 3. The maximum atomic E-state index is 6.00. The van der Waals surface area contributed by atoms with E-state index < -0.39 is 0 Å². The van der Waals surface area contributed by atoms with E-state index in [9.17, 15) is 0 Å². The third-order valence-electron chi connectivity index (χ3n) is 6.47. The summed E-state index contributed by atoms with van der Waals surface area (Å²) in [4.78, 5) is 7.75. The van der Waals surface area contributed by atoms with Crippen LogP contribution in [0.2, 0.25) is 0 Å². The number of hydrogen-bond donors (Lipinski definition) is 0. The second-order valence-electron chi connectivity index (χ2n) is 8.45. The lowest BCUT2D eigenvalue weighted by molar-refractivity contribution is 0.269. The van der Waals surface area contributed by atoms with Crippen LogP contribution in [0.1, 0.15) is 37.8 Å². The van der Waals surface area contributed by atoms with E-state index in [2.05, 4.69) is 79.4 Å². The van der Waals surface area contributed by atoms with Crippen molar-refractivity contribution in [1.29, 1.82) is 0 Å². The fourth-order valence-corrected chi connectivity index (χ4v) is 4.75. The lowest BCUT2D eigenvalue weighted by Crippen LogP contribution is -2.31. The number of fused-ring (bicyclic) bond motifs is 5. The molecule has 0 atom stereocenters. The minimum Gasteiger partial charge on any atom is -0.494 e. The number of nitrogens with zero attached hydrogens (tertiary/aromatic N) is 2. The first-order chi connectivity index (χ1) is 15.3. The van der Waals surface area contributed by atoms with Crippen molar-refractivity contribution in [3.63, 3.8) is 0 Å². The van der Waals surface area contributed by atoms with E-state index in [1.165, 1.54) is 27.3 Å². The molecule has 0 aliphatic carbocycles. The first-order valence-electron chi connectivity index (χ1n) is 11.6. The summed E-state index contributed by atoms with van der Waals surface area (Å²) in [5.41, 5.74) is 6.20. The van der Waals surface area contributed by atoms with Gasteiger partial charge in [0.1, 0.15) is 5.75 Å². The topological polar surface area (TPSA) is 25.4 Å². The summed E-state index contributed by atoms with van der Waals surface area (Å²) in [6.07, 6.45) is 3.28. The molecule has 0 spiro atoms. The van der Waals surface area contributed by atoms with Gasteiger partial charge in [-0.25, -0.2) is 4.98 Å². The summed E-state index contributed by atoms with van der Waals surface area (Å²) in [5, 5.41) is 3.94. The Balaban J connectivity index is 1.70. The molecule has 0 bridgehead atoms. The van der Waals surface area contributed by atoms with Crippen molar-refractivity contribution in [2.45, 2.75) is 39.7 Å². The zero-order chi connectivity index (χ0) is 21.2. The van der Waals surface area contributed by atoms with Gasteiger partial charge in [-0.1, -0.05) is 62.7 Å². The summed E-state index contributed by atoms with van der Waals surface area (Å²) in [7, 11) is 0. The van der Waals surface area contributed by atoms with E-state index in [1.54, 1.807) is 0 Å². The first kappa shape index (κ1) is 20.0. The third-order valence-corrected chi connectivity index (χ3v) is 6.47. The summed E-state index contributed by atoms with van der Waals surface area (Å²) >= 11 is 0. The van der Waals surface area contributed by atoms with Gasteiger partial charge in [-0.2, -0.15) is 0 Å². The monoisotopic (exact) mass is 410 g/mol. The van der Waals surface area contributed by atoms with E-state index in [-0.39, 0.29) is 0 Å². The molecular weight excluding hydrogens is 380 g/mol. The molecule has 1 aliphatic rings. The zero-order valence-electron chi connectivity index (χ0n) is 18.5. The van der Waals surface area contributed by atoms with Crippen molar-refractivity contribution >= 4 is 21.7 Å². The van der Waals surface area contributed by atoms with Gasteiger partial charge < -0.3 is 4.74 Å². The van der Waals surface area contributed by atoms with Crippen molar-refractivity contribution in [2.75, 3.05) is 19.7 Å². The van der Waals surface area contributed by atoms with E-state index in [1.807, 2.05) is 0 Å². The number of unbranched alkanes of at least 4 members (excludes halogenated alkanes) is 1. The highest BCUT2D eigenvalue weighted by Gasteiger charge is 2.23. The largest absolute Gasteiger partial charge is 0.494 e. The zero-order valence-corrected chi connectivity index (χ0v) is 18.5. The van der Waals surface area contributed by atoms with Crippen LogP contribution in [-0.4, -0.2) is 29.6 Å². The van der Waals surface area contributed by atoms with Crippen LogP contribution in [0.25, 0.3) is 32.9 Å². The van der Waals surface area contributed by atoms with Gasteiger partial charge in [0.25, 0.3) is 0 Å². The number of likely N-dealkylation sites (N-methyl/N-ethyl adjacent to an activating group) is 1. The maximum Gasteiger partial charge on any atom is 0.119 e. The van der Waals surface area contributed by atoms with Crippen LogP contribution >= 0.6 is 0 Å². The van der Waals surface area contributed by atoms with Crippen LogP contribution in [0.15, 0.2) is 60.7 Å². The smallest absolute Gasteiger partial charge is 0.119 e. The number of rotatable bonds is 6. The fraction of sp³-hybridized carbons (Fsp3) is 0.321. The predicted molar refractivity (Wildman–Crippen MR) is 130 cm³/mol. The molecule has 0 fully saturated rings. The van der Waals surface area contributed by atoms with Gasteiger partial charge >= 0.3 is 0 Å². The Morgan fingerprint density at radius 1 is 0.968 bits per heavy atom. The third kappa shape index (κ3) is 3.79. The minimum atomic E-state index is 0.763. The molecule has 0 saturated heterocycles. The minimum absolute atomic E-state index is 0.763. The normalized spacial score (nSPS) is 14.1. The van der Waals surface area contributed by atoms with Gasteiger partial charge in [0.15, 0.2) is 0 Å². The van der Waals surface area contributed by atoms with Crippen molar-refractivity contribution in [1.82, 2.24) is 9.88 Å². The summed E-state index contributed by atoms with van der Waals surface area (Å²) in [5.74, 6) is 0.934. The molecular formula is C28H30N2O. The van der Waals surface area contributed by atoms with E-state index in [4.69, 9.17) is 9.72 Å². The van der Waals surface area contributed by atoms with Crippen LogP contribution in [0.5, 0.6) is 5.75 Å². The Kier molecular flexibility index (Phi) is 5.61. The fourth-order valence-electron chi connectivity index (χ4n) is 4.75. The standard InChI is InChI=1S/C28H30N2O/c1-3-5-17-31-22-11-8-10-21(18-22)28-25-19-30(4-2)16-15-24(25)27-23-12-7-6-9-20(23)13-14-26(27)29-28/h6-14,18H,3-5,15-17,19H2,1-2H3. The molecule has 4 aromatic rings. The Morgan fingerprint density at radius 3 is 2.74 bits per heavy atom. The van der Waals surface area contributed by atoms with Crippen molar-refractivity contribution in [3.8, 4) is 17.0 Å². The van der Waals surface area contributed by atoms with Crippen molar-refractivity contribution < 1.29 is 4.74 Å². The van der Waals surface area contributed by atoms with Gasteiger partial charge in [-0.05, 0) is 59.5 Å². The maximum absolute atomic E-state index is 6.00. The molecule has 0 N–H and O–H groups in total. The molecule has 0 amide bonds. The molecule has 3 heteroatoms. The summed E-state index contributed by atoms with van der Waals surface area (Å²) in [6, 6.07) is 21.6. The Hall–Kier alpha value is -2.91. The van der Waals surface area contributed by atoms with Crippen molar-refractivity contribution in [3.05, 3.63) is 71.8 Å². The van der Waals surface area contributed by atoms with Crippen LogP contribution in [0, 0.1) is 0 Å². The number of aromatic nitrogens is 1. The van der Waals surface area contributed by atoms with Crippen LogP contribution in [0.3, 0.4) is 0 Å². The van der Waals surface area contributed by atoms with Gasteiger partial charge in [-0.3, -0.25) is 4.90 Å². The molecule has 2 heterocycles. The van der Waals surface area contributed by atoms with E-state index in [0.717, 1.165) is 68.0 Å². The first-order valence-corrected chi connectivity index (χ1v) is 11.6. The Bertz CT molecular complexity index is 1230. The summed E-state index contributed by atoms with van der Waals surface area (Å²) < 4.78 is 6.00. The van der Waals surface area contributed by atoms with E-state index >= 15 is 0 Å². The Morgan fingerprint density at radius 2 is 1.87 bits per heavy atom. The summed E-state index contributed by atoms with van der Waals surface area (Å²) in [6.45, 7) is 8.32. The highest BCUT2D eigenvalue weighted by atomic mass is 16.5. The number of pyridine rings is 1. The second-order valence-corrected chi connectivity index (χ2v) is 8.45. The van der Waals surface area contributed by atoms with E-state index in [0.29, 0.717) is 0 Å². The molecule has 0 saturated carbocycles. The highest BCUT2D eigenvalue weighted by molar-refractivity contribution is 6.09. The molecule has 0 radical (unpaired) electrons. The van der Waals surface area contributed by atoms with Gasteiger partial charge in [-0.15, -0.1) is 0 Å². The quantitative estimate of drug-likeness (QED) is 0.264. The molecule has 158 valence electrons. The Labute approximate surface area is 184 Å². The lowest BCUT2D eigenvalue weighted by atomic mass is 9.89. The average molecular weight is 411 g/mol. The van der Waals surface area contributed by atoms with Crippen molar-refractivity contribution in [2.24, 2.45) is 0 Å². The van der Waals surface area contributed by atoms with Gasteiger partial charge in [0.05, 0.1) is 17.8 Å². The van der Waals surface area contributed by atoms with Crippen LogP contribution in [0.4, 0.5) is 0 Å². The number of ether oxygens (including phenoxy) is 1. The molecule has 31 heavy (non-hydrogen) atoms. The second kappa shape index (κ2) is 8.68. The molecule has 3 nitrogen and oxygen atoms in total.